The van der Waals surface area contributed by atoms with Gasteiger partial charge in [-0.2, -0.15) is 11.8 Å². The molecule has 0 saturated heterocycles. The lowest BCUT2D eigenvalue weighted by Crippen LogP contribution is -2.38. The number of hydrogen-bond acceptors (Lipinski definition) is 5. The Labute approximate surface area is 144 Å². The Morgan fingerprint density at radius 3 is 2.83 bits per heavy atom. The van der Waals surface area contributed by atoms with Crippen molar-refractivity contribution in [3.63, 3.8) is 0 Å². The second-order valence-electron chi connectivity index (χ2n) is 5.06. The molecule has 2 N–H and O–H groups in total. The molecule has 0 fully saturated rings. The number of aliphatic hydroxyl groups excluding tert-OH is 1. The van der Waals surface area contributed by atoms with E-state index in [4.69, 9.17) is 11.6 Å². The molecule has 2 aromatic rings. The van der Waals surface area contributed by atoms with Crippen molar-refractivity contribution in [3.8, 4) is 0 Å². The minimum absolute atomic E-state index is 0.0921. The summed E-state index contributed by atoms with van der Waals surface area (Å²) in [7, 11) is 0. The fourth-order valence-corrected chi connectivity index (χ4v) is 2.63. The Bertz CT molecular complexity index is 633. The first-order chi connectivity index (χ1) is 11.1. The molecule has 1 heterocycles. The third-order valence-electron chi connectivity index (χ3n) is 3.26. The molecule has 1 aromatic heterocycles. The Hall–Kier alpha value is -1.57. The third-order valence-corrected chi connectivity index (χ3v) is 4.15. The van der Waals surface area contributed by atoms with Crippen molar-refractivity contribution in [3.05, 3.63) is 46.7 Å². The third kappa shape index (κ3) is 5.53. The predicted octanol–water partition coefficient (Wildman–Crippen LogP) is 1.82. The summed E-state index contributed by atoms with van der Waals surface area (Å²) in [5.41, 5.74) is 1.25. The highest BCUT2D eigenvalue weighted by atomic mass is 35.5. The lowest BCUT2D eigenvalue weighted by atomic mass is 10.2. The van der Waals surface area contributed by atoms with Gasteiger partial charge in [-0.25, -0.2) is 4.68 Å². The molecule has 0 saturated carbocycles. The van der Waals surface area contributed by atoms with Crippen LogP contribution in [0.2, 0.25) is 5.02 Å². The topological polar surface area (TPSA) is 80.0 Å². The van der Waals surface area contributed by atoms with Crippen molar-refractivity contribution < 1.29 is 9.90 Å². The summed E-state index contributed by atoms with van der Waals surface area (Å²) in [5, 5.41) is 20.6. The second kappa shape index (κ2) is 8.90. The number of aromatic nitrogens is 3. The molecular formula is C15H19ClN4O2S. The number of nitrogens with one attached hydrogen (secondary N) is 1. The van der Waals surface area contributed by atoms with Crippen LogP contribution in [-0.2, 0) is 6.54 Å². The highest BCUT2D eigenvalue weighted by Crippen LogP contribution is 2.10. The van der Waals surface area contributed by atoms with Crippen LogP contribution in [-0.4, -0.2) is 50.7 Å². The molecule has 23 heavy (non-hydrogen) atoms. The zero-order valence-electron chi connectivity index (χ0n) is 12.8. The van der Waals surface area contributed by atoms with Gasteiger partial charge in [-0.05, 0) is 36.1 Å². The average Bonchev–Trinajstić information content (AvgIpc) is 3.02. The lowest BCUT2D eigenvalue weighted by Gasteiger charge is -2.14. The lowest BCUT2D eigenvalue weighted by molar-refractivity contribution is 0.0910. The molecule has 0 aliphatic carbocycles. The van der Waals surface area contributed by atoms with Crippen LogP contribution in [0.1, 0.15) is 22.5 Å². The van der Waals surface area contributed by atoms with Gasteiger partial charge in [-0.15, -0.1) is 5.10 Å². The highest BCUT2D eigenvalue weighted by molar-refractivity contribution is 7.98. The van der Waals surface area contributed by atoms with Gasteiger partial charge in [0.1, 0.15) is 0 Å². The van der Waals surface area contributed by atoms with Crippen molar-refractivity contribution in [2.24, 2.45) is 0 Å². The first-order valence-corrected chi connectivity index (χ1v) is 8.94. The molecule has 0 aliphatic heterocycles. The first kappa shape index (κ1) is 17.8. The van der Waals surface area contributed by atoms with Crippen LogP contribution in [0.25, 0.3) is 0 Å². The molecule has 0 spiro atoms. The smallest absolute Gasteiger partial charge is 0.273 e. The number of amides is 1. The van der Waals surface area contributed by atoms with E-state index in [9.17, 15) is 9.90 Å². The Morgan fingerprint density at radius 2 is 2.17 bits per heavy atom. The normalized spacial score (nSPS) is 12.1. The van der Waals surface area contributed by atoms with Crippen LogP contribution in [0.5, 0.6) is 0 Å². The van der Waals surface area contributed by atoms with Crippen LogP contribution in [0.15, 0.2) is 30.5 Å². The Kier molecular flexibility index (Phi) is 6.88. The van der Waals surface area contributed by atoms with E-state index >= 15 is 0 Å². The Balaban J connectivity index is 1.95. The second-order valence-corrected chi connectivity index (χ2v) is 6.48. The molecule has 1 aromatic carbocycles. The molecule has 1 amide bonds. The van der Waals surface area contributed by atoms with Crippen molar-refractivity contribution in [1.29, 1.82) is 0 Å². The maximum Gasteiger partial charge on any atom is 0.273 e. The monoisotopic (exact) mass is 354 g/mol. The maximum absolute atomic E-state index is 12.1. The minimum Gasteiger partial charge on any atom is -0.394 e. The molecule has 0 radical (unpaired) electrons. The summed E-state index contributed by atoms with van der Waals surface area (Å²) in [4.78, 5) is 12.1. The molecule has 0 bridgehead atoms. The zero-order valence-corrected chi connectivity index (χ0v) is 14.3. The number of aliphatic hydroxyl groups is 1. The number of thioether (sulfide) groups is 1. The zero-order chi connectivity index (χ0) is 16.7. The van der Waals surface area contributed by atoms with E-state index in [-0.39, 0.29) is 24.2 Å². The van der Waals surface area contributed by atoms with Crippen LogP contribution >= 0.6 is 23.4 Å². The summed E-state index contributed by atoms with van der Waals surface area (Å²) in [6.45, 7) is 0.415. The molecule has 6 nitrogen and oxygen atoms in total. The van der Waals surface area contributed by atoms with Gasteiger partial charge < -0.3 is 10.4 Å². The van der Waals surface area contributed by atoms with E-state index in [1.165, 1.54) is 0 Å². The summed E-state index contributed by atoms with van der Waals surface area (Å²) in [6, 6.07) is 7.14. The number of benzene rings is 1. The molecule has 1 atom stereocenters. The minimum atomic E-state index is -0.326. The van der Waals surface area contributed by atoms with Gasteiger partial charge in [0.25, 0.3) is 5.91 Å². The Morgan fingerprint density at radius 1 is 1.43 bits per heavy atom. The van der Waals surface area contributed by atoms with E-state index in [0.29, 0.717) is 18.0 Å². The van der Waals surface area contributed by atoms with Crippen LogP contribution < -0.4 is 5.32 Å². The summed E-state index contributed by atoms with van der Waals surface area (Å²) in [5.74, 6) is 0.543. The summed E-state index contributed by atoms with van der Waals surface area (Å²) in [6.07, 6.45) is 4.29. The molecule has 0 unspecified atom stereocenters. The molecule has 124 valence electrons. The van der Waals surface area contributed by atoms with E-state index in [1.807, 2.05) is 18.4 Å². The predicted molar refractivity (Wildman–Crippen MR) is 91.9 cm³/mol. The van der Waals surface area contributed by atoms with Crippen molar-refractivity contribution in [1.82, 2.24) is 20.3 Å². The average molecular weight is 355 g/mol. The fraction of sp³-hybridized carbons (Fsp3) is 0.400. The standard InChI is InChI=1S/C15H19ClN4O2S/c1-23-7-6-13(10-21)17-15(22)14-9-20(19-18-14)8-11-2-4-12(16)5-3-11/h2-5,9,13,21H,6-8,10H2,1H3,(H,17,22)/t13-/m0/s1. The van der Waals surface area contributed by atoms with Crippen LogP contribution in [0.4, 0.5) is 0 Å². The number of hydrogen-bond donors (Lipinski definition) is 2. The van der Waals surface area contributed by atoms with Crippen LogP contribution in [0.3, 0.4) is 0 Å². The largest absolute Gasteiger partial charge is 0.394 e. The van der Waals surface area contributed by atoms with Gasteiger partial charge >= 0.3 is 0 Å². The quantitative estimate of drug-likeness (QED) is 0.756. The van der Waals surface area contributed by atoms with Gasteiger partial charge in [-0.3, -0.25) is 4.79 Å². The molecule has 8 heteroatoms. The summed E-state index contributed by atoms with van der Waals surface area (Å²) >= 11 is 7.52. The number of carbonyl (C=O) groups excluding carboxylic acids is 1. The summed E-state index contributed by atoms with van der Waals surface area (Å²) < 4.78 is 1.59. The SMILES string of the molecule is CSCC[C@@H](CO)NC(=O)c1cn(Cc2ccc(Cl)cc2)nn1. The number of carbonyl (C=O) groups is 1. The number of rotatable bonds is 8. The van der Waals surface area contributed by atoms with E-state index in [0.717, 1.165) is 11.3 Å². The first-order valence-electron chi connectivity index (χ1n) is 7.17. The molecule has 0 aliphatic rings. The van der Waals surface area contributed by atoms with E-state index in [1.54, 1.807) is 34.8 Å². The molecule has 2 rings (SSSR count). The van der Waals surface area contributed by atoms with Crippen molar-refractivity contribution in [2.45, 2.75) is 19.0 Å². The van der Waals surface area contributed by atoms with Gasteiger partial charge in [0, 0.05) is 5.02 Å². The number of halogens is 1. The van der Waals surface area contributed by atoms with Gasteiger partial charge in [0.2, 0.25) is 0 Å². The van der Waals surface area contributed by atoms with Gasteiger partial charge in [-0.1, -0.05) is 28.9 Å². The highest BCUT2D eigenvalue weighted by Gasteiger charge is 2.15. The fourth-order valence-electron chi connectivity index (χ4n) is 1.99. The van der Waals surface area contributed by atoms with Crippen molar-refractivity contribution in [2.75, 3.05) is 18.6 Å². The van der Waals surface area contributed by atoms with E-state index in [2.05, 4.69) is 15.6 Å². The molecular weight excluding hydrogens is 336 g/mol. The van der Waals surface area contributed by atoms with Crippen LogP contribution in [0, 0.1) is 0 Å². The van der Waals surface area contributed by atoms with Gasteiger partial charge in [0.15, 0.2) is 5.69 Å². The number of nitrogens with zero attached hydrogens (tertiary/aromatic N) is 3. The van der Waals surface area contributed by atoms with Crippen molar-refractivity contribution >= 4 is 29.3 Å². The van der Waals surface area contributed by atoms with Gasteiger partial charge in [0.05, 0.1) is 25.4 Å². The maximum atomic E-state index is 12.1. The van der Waals surface area contributed by atoms with E-state index < -0.39 is 0 Å².